The maximum absolute atomic E-state index is 13.8. The van der Waals surface area contributed by atoms with Gasteiger partial charge in [-0.1, -0.05) is 0 Å². The molecule has 1 aliphatic carbocycles. The van der Waals surface area contributed by atoms with Crippen LogP contribution >= 0.6 is 0 Å². The van der Waals surface area contributed by atoms with E-state index in [9.17, 15) is 18.0 Å². The number of aryl methyl sites for hydroxylation is 2. The average molecular weight is 471 g/mol. The summed E-state index contributed by atoms with van der Waals surface area (Å²) in [6.45, 7) is 2.93. The zero-order valence-electron chi connectivity index (χ0n) is 19.7. The molecule has 0 atom stereocenters. The van der Waals surface area contributed by atoms with Crippen molar-refractivity contribution in [2.24, 2.45) is 0 Å². The normalized spacial score (nSPS) is 14.1. The molecule has 8 heteroatoms. The van der Waals surface area contributed by atoms with Crippen molar-refractivity contribution < 1.29 is 18.0 Å². The molecule has 180 valence electrons. The lowest BCUT2D eigenvalue weighted by Gasteiger charge is -2.15. The third-order valence-electron chi connectivity index (χ3n) is 6.00. The van der Waals surface area contributed by atoms with E-state index in [2.05, 4.69) is 20.2 Å². The number of halogens is 3. The van der Waals surface area contributed by atoms with Gasteiger partial charge in [0.05, 0.1) is 11.1 Å². The number of carbonyl (C=O) groups excluding carboxylic acids is 1. The lowest BCUT2D eigenvalue weighted by atomic mass is 9.98. The standard InChI is InChI=1S/C26H29F3N4O/c1-16-11-23(25(34)31-9-4-5-20-12-17(8-10-30-20)15-33(2)3)32-24-21(16)13-19(18-6-7-18)14-22(24)26(27,28)29/h8,10-14,18H,4-7,9,15H2,1-3H3,(H,31,34). The molecule has 0 spiro atoms. The first kappa shape index (κ1) is 24.1. The van der Waals surface area contributed by atoms with E-state index in [1.807, 2.05) is 26.2 Å². The average Bonchev–Trinajstić information content (AvgIpc) is 3.60. The molecule has 5 nitrogen and oxygen atoms in total. The van der Waals surface area contributed by atoms with Crippen molar-refractivity contribution >= 4 is 16.8 Å². The molecule has 34 heavy (non-hydrogen) atoms. The second-order valence-electron chi connectivity index (χ2n) is 9.31. The molecule has 2 heterocycles. The van der Waals surface area contributed by atoms with Crippen molar-refractivity contribution in [3.63, 3.8) is 0 Å². The highest BCUT2D eigenvalue weighted by atomic mass is 19.4. The molecule has 1 fully saturated rings. The SMILES string of the molecule is Cc1cc(C(=O)NCCCc2cc(CN(C)C)ccn2)nc2c(C(F)(F)F)cc(C3CC3)cc12. The van der Waals surface area contributed by atoms with E-state index in [4.69, 9.17) is 0 Å². The molecule has 0 aliphatic heterocycles. The molecule has 0 unspecified atom stereocenters. The van der Waals surface area contributed by atoms with Gasteiger partial charge in [-0.2, -0.15) is 13.2 Å². The molecule has 1 saturated carbocycles. The summed E-state index contributed by atoms with van der Waals surface area (Å²) >= 11 is 0. The quantitative estimate of drug-likeness (QED) is 0.457. The van der Waals surface area contributed by atoms with Gasteiger partial charge in [0.15, 0.2) is 0 Å². The minimum atomic E-state index is -4.54. The molecule has 0 bridgehead atoms. The number of fused-ring (bicyclic) bond motifs is 1. The third kappa shape index (κ3) is 5.73. The van der Waals surface area contributed by atoms with Crippen molar-refractivity contribution in [2.45, 2.75) is 51.2 Å². The van der Waals surface area contributed by atoms with E-state index in [0.717, 1.165) is 25.1 Å². The van der Waals surface area contributed by atoms with Crippen molar-refractivity contribution in [1.29, 1.82) is 0 Å². The minimum Gasteiger partial charge on any atom is -0.351 e. The van der Waals surface area contributed by atoms with E-state index >= 15 is 0 Å². The Hall–Kier alpha value is -3.00. The zero-order valence-corrected chi connectivity index (χ0v) is 19.7. The number of nitrogens with zero attached hydrogens (tertiary/aromatic N) is 3. The van der Waals surface area contributed by atoms with Crippen LogP contribution in [0.4, 0.5) is 13.2 Å². The monoisotopic (exact) mass is 470 g/mol. The number of aromatic nitrogens is 2. The summed E-state index contributed by atoms with van der Waals surface area (Å²) < 4.78 is 41.4. The van der Waals surface area contributed by atoms with E-state index in [-0.39, 0.29) is 17.1 Å². The van der Waals surface area contributed by atoms with E-state index < -0.39 is 17.6 Å². The molecule has 1 aliphatic rings. The first-order valence-corrected chi connectivity index (χ1v) is 11.5. The summed E-state index contributed by atoms with van der Waals surface area (Å²) in [6.07, 6.45) is 0.410. The topological polar surface area (TPSA) is 58.1 Å². The van der Waals surface area contributed by atoms with Crippen LogP contribution < -0.4 is 5.32 Å². The van der Waals surface area contributed by atoms with Crippen molar-refractivity contribution in [1.82, 2.24) is 20.2 Å². The maximum atomic E-state index is 13.8. The van der Waals surface area contributed by atoms with Crippen LogP contribution in [0.2, 0.25) is 0 Å². The first-order valence-electron chi connectivity index (χ1n) is 11.5. The van der Waals surface area contributed by atoms with Crippen molar-refractivity contribution in [2.75, 3.05) is 20.6 Å². The van der Waals surface area contributed by atoms with Gasteiger partial charge >= 0.3 is 6.18 Å². The second kappa shape index (κ2) is 9.70. The highest BCUT2D eigenvalue weighted by Crippen LogP contribution is 2.44. The van der Waals surface area contributed by atoms with E-state index in [1.54, 1.807) is 25.3 Å². The van der Waals surface area contributed by atoms with E-state index in [1.165, 1.54) is 11.6 Å². The van der Waals surface area contributed by atoms with Crippen molar-refractivity contribution in [3.05, 3.63) is 70.2 Å². The Kier molecular flexibility index (Phi) is 6.89. The van der Waals surface area contributed by atoms with Gasteiger partial charge in [0.1, 0.15) is 5.69 Å². The number of benzene rings is 1. The molecule has 4 rings (SSSR count). The zero-order chi connectivity index (χ0) is 24.5. The molecule has 1 aromatic carbocycles. The number of nitrogens with one attached hydrogen (secondary N) is 1. The van der Waals surface area contributed by atoms with Crippen LogP contribution in [-0.4, -0.2) is 41.4 Å². The number of hydrogen-bond donors (Lipinski definition) is 1. The lowest BCUT2D eigenvalue weighted by Crippen LogP contribution is -2.26. The number of carbonyl (C=O) groups is 1. The lowest BCUT2D eigenvalue weighted by molar-refractivity contribution is -0.136. The molecule has 0 radical (unpaired) electrons. The third-order valence-corrected chi connectivity index (χ3v) is 6.00. The highest BCUT2D eigenvalue weighted by Gasteiger charge is 2.36. The molecule has 3 aromatic rings. The van der Waals surface area contributed by atoms with Crippen molar-refractivity contribution in [3.8, 4) is 0 Å². The number of alkyl halides is 3. The van der Waals surface area contributed by atoms with Crippen LogP contribution in [0.15, 0.2) is 36.5 Å². The molecule has 1 amide bonds. The Labute approximate surface area is 197 Å². The Morgan fingerprint density at radius 1 is 1.18 bits per heavy atom. The predicted octanol–water partition coefficient (Wildman–Crippen LogP) is 5.26. The Morgan fingerprint density at radius 3 is 2.62 bits per heavy atom. The van der Waals surface area contributed by atoms with Gasteiger partial charge in [0.2, 0.25) is 0 Å². The summed E-state index contributed by atoms with van der Waals surface area (Å²) in [7, 11) is 4.00. The highest BCUT2D eigenvalue weighted by molar-refractivity contribution is 5.97. The van der Waals surface area contributed by atoms with Crippen LogP contribution in [0.1, 0.15) is 63.6 Å². The summed E-state index contributed by atoms with van der Waals surface area (Å²) in [6, 6.07) is 8.59. The fraction of sp³-hybridized carbons (Fsp3) is 0.423. The van der Waals surface area contributed by atoms with Crippen LogP contribution in [0, 0.1) is 6.92 Å². The Balaban J connectivity index is 1.46. The van der Waals surface area contributed by atoms with Crippen LogP contribution in [0.3, 0.4) is 0 Å². The van der Waals surface area contributed by atoms with Gasteiger partial charge < -0.3 is 10.2 Å². The number of pyridine rings is 2. The molecular weight excluding hydrogens is 441 g/mol. The number of rotatable bonds is 8. The first-order chi connectivity index (χ1) is 16.1. The van der Waals surface area contributed by atoms with Gasteiger partial charge in [-0.15, -0.1) is 0 Å². The summed E-state index contributed by atoms with van der Waals surface area (Å²) in [5.41, 5.74) is 2.49. The Bertz CT molecular complexity index is 1200. The Morgan fingerprint density at radius 2 is 1.94 bits per heavy atom. The maximum Gasteiger partial charge on any atom is 0.418 e. The van der Waals surface area contributed by atoms with Gasteiger partial charge in [0, 0.05) is 30.4 Å². The molecule has 2 aromatic heterocycles. The molecule has 0 saturated heterocycles. The minimum absolute atomic E-state index is 0.000720. The van der Waals surface area contributed by atoms with Gasteiger partial charge in [-0.05, 0) is 99.6 Å². The number of amides is 1. The largest absolute Gasteiger partial charge is 0.418 e. The number of hydrogen-bond acceptors (Lipinski definition) is 4. The van der Waals surface area contributed by atoms with Crippen LogP contribution in [0.5, 0.6) is 0 Å². The van der Waals surface area contributed by atoms with Gasteiger partial charge in [-0.25, -0.2) is 4.98 Å². The van der Waals surface area contributed by atoms with Crippen LogP contribution in [-0.2, 0) is 19.1 Å². The van der Waals surface area contributed by atoms with Gasteiger partial charge in [-0.3, -0.25) is 9.78 Å². The smallest absolute Gasteiger partial charge is 0.351 e. The predicted molar refractivity (Wildman–Crippen MR) is 126 cm³/mol. The fourth-order valence-corrected chi connectivity index (χ4v) is 4.19. The summed E-state index contributed by atoms with van der Waals surface area (Å²) in [4.78, 5) is 23.3. The summed E-state index contributed by atoms with van der Waals surface area (Å²) in [5, 5.41) is 3.24. The van der Waals surface area contributed by atoms with E-state index in [0.29, 0.717) is 35.9 Å². The van der Waals surface area contributed by atoms with Gasteiger partial charge in [0.25, 0.3) is 5.91 Å². The molecule has 1 N–H and O–H groups in total. The van der Waals surface area contributed by atoms with Crippen LogP contribution in [0.25, 0.3) is 10.9 Å². The molecular formula is C26H29F3N4O. The summed E-state index contributed by atoms with van der Waals surface area (Å²) in [5.74, 6) is -0.287. The fourth-order valence-electron chi connectivity index (χ4n) is 4.19. The second-order valence-corrected chi connectivity index (χ2v) is 9.31.